The average Bonchev–Trinajstić information content (AvgIpc) is 3.52. The average molecular weight is 488 g/mol. The molecule has 0 amide bonds. The smallest absolute Gasteiger partial charge is 0.416 e. The number of rotatable bonds is 5. The number of anilines is 1. The van der Waals surface area contributed by atoms with Crippen molar-refractivity contribution in [2.24, 2.45) is 0 Å². The van der Waals surface area contributed by atoms with Crippen LogP contribution in [-0.2, 0) is 12.7 Å². The lowest BCUT2D eigenvalue weighted by molar-refractivity contribution is -0.137. The zero-order valence-electron chi connectivity index (χ0n) is 18.8. The van der Waals surface area contributed by atoms with E-state index in [-0.39, 0.29) is 6.79 Å². The Morgan fingerprint density at radius 1 is 0.889 bits per heavy atom. The van der Waals surface area contributed by atoms with Crippen LogP contribution in [0, 0.1) is 0 Å². The van der Waals surface area contributed by atoms with Crippen LogP contribution in [0.25, 0.3) is 27.8 Å². The van der Waals surface area contributed by atoms with Crippen LogP contribution >= 0.6 is 0 Å². The van der Waals surface area contributed by atoms with Gasteiger partial charge in [0.2, 0.25) is 6.79 Å². The Hall–Kier alpha value is -4.53. The Bertz CT molecular complexity index is 1570. The molecule has 0 atom stereocenters. The lowest BCUT2D eigenvalue weighted by Gasteiger charge is -2.11. The molecule has 9 heteroatoms. The van der Waals surface area contributed by atoms with Gasteiger partial charge < -0.3 is 19.4 Å². The van der Waals surface area contributed by atoms with E-state index >= 15 is 0 Å². The number of hydrogen-bond donors (Lipinski definition) is 1. The summed E-state index contributed by atoms with van der Waals surface area (Å²) in [5, 5.41) is 4.07. The minimum atomic E-state index is -4.45. The monoisotopic (exact) mass is 488 g/mol. The molecule has 3 aromatic carbocycles. The van der Waals surface area contributed by atoms with Crippen LogP contribution in [0.15, 0.2) is 85.3 Å². The first-order valence-electron chi connectivity index (χ1n) is 11.2. The fraction of sp³-hybridized carbons (Fsp3) is 0.111. The van der Waals surface area contributed by atoms with E-state index in [1.807, 2.05) is 48.5 Å². The molecule has 1 aliphatic rings. The third-order valence-electron chi connectivity index (χ3n) is 6.02. The van der Waals surface area contributed by atoms with Crippen molar-refractivity contribution in [3.05, 3.63) is 96.4 Å². The van der Waals surface area contributed by atoms with Gasteiger partial charge in [0, 0.05) is 24.0 Å². The van der Waals surface area contributed by atoms with Crippen LogP contribution in [0.4, 0.5) is 19.0 Å². The second kappa shape index (κ2) is 8.60. The number of hydrogen-bond acceptors (Lipinski definition) is 5. The SMILES string of the molecule is FC(F)(F)c1cccc(-n2cc(-c3ccccc3)c3c(NCc4ccc5c(c4)OCO5)ncnc32)c1. The number of aromatic nitrogens is 3. The van der Waals surface area contributed by atoms with E-state index < -0.39 is 11.7 Å². The highest BCUT2D eigenvalue weighted by atomic mass is 19.4. The van der Waals surface area contributed by atoms with Crippen molar-refractivity contribution >= 4 is 16.9 Å². The summed E-state index contributed by atoms with van der Waals surface area (Å²) in [5.74, 6) is 1.96. The predicted octanol–water partition coefficient (Wildman–Crippen LogP) is 6.45. The predicted molar refractivity (Wildman–Crippen MR) is 129 cm³/mol. The number of fused-ring (bicyclic) bond motifs is 2. The first kappa shape index (κ1) is 22.0. The number of nitrogens with one attached hydrogen (secondary N) is 1. The molecule has 1 aliphatic heterocycles. The van der Waals surface area contributed by atoms with Crippen molar-refractivity contribution in [3.8, 4) is 28.3 Å². The number of benzene rings is 3. The summed E-state index contributed by atoms with van der Waals surface area (Å²) in [7, 11) is 0. The summed E-state index contributed by atoms with van der Waals surface area (Å²) in [6.07, 6.45) is -1.24. The molecule has 0 spiro atoms. The Balaban J connectivity index is 1.46. The van der Waals surface area contributed by atoms with Crippen molar-refractivity contribution in [2.75, 3.05) is 12.1 Å². The standard InChI is InChI=1S/C27H19F3N4O2/c28-27(29,30)19-7-4-8-20(12-19)34-14-21(18-5-2-1-3-6-18)24-25(32-15-33-26(24)34)31-13-17-9-10-22-23(11-17)36-16-35-22/h1-12,14-15H,13,16H2,(H,31,32,33). The summed E-state index contributed by atoms with van der Waals surface area (Å²) in [6.45, 7) is 0.647. The van der Waals surface area contributed by atoms with Crippen molar-refractivity contribution in [1.29, 1.82) is 0 Å². The number of halogens is 3. The van der Waals surface area contributed by atoms with Crippen molar-refractivity contribution in [2.45, 2.75) is 12.7 Å². The Labute approximate surface area is 204 Å². The highest BCUT2D eigenvalue weighted by Crippen LogP contribution is 2.37. The van der Waals surface area contributed by atoms with Crippen LogP contribution in [0.1, 0.15) is 11.1 Å². The lowest BCUT2D eigenvalue weighted by atomic mass is 10.1. The summed E-state index contributed by atoms with van der Waals surface area (Å²) in [4.78, 5) is 8.93. The molecular weight excluding hydrogens is 469 g/mol. The molecule has 0 aliphatic carbocycles. The Kier molecular flexibility index (Phi) is 5.25. The fourth-order valence-corrected chi connectivity index (χ4v) is 4.30. The van der Waals surface area contributed by atoms with Gasteiger partial charge in [-0.1, -0.05) is 42.5 Å². The van der Waals surface area contributed by atoms with E-state index in [1.165, 1.54) is 12.4 Å². The van der Waals surface area contributed by atoms with E-state index in [2.05, 4.69) is 15.3 Å². The highest BCUT2D eigenvalue weighted by molar-refractivity contribution is 6.02. The van der Waals surface area contributed by atoms with Crippen LogP contribution < -0.4 is 14.8 Å². The van der Waals surface area contributed by atoms with Gasteiger partial charge in [-0.15, -0.1) is 0 Å². The molecule has 2 aromatic heterocycles. The topological polar surface area (TPSA) is 61.2 Å². The quantitative estimate of drug-likeness (QED) is 0.308. The van der Waals surface area contributed by atoms with Gasteiger partial charge in [-0.3, -0.25) is 0 Å². The largest absolute Gasteiger partial charge is 0.454 e. The molecule has 3 heterocycles. The van der Waals surface area contributed by atoms with E-state index in [1.54, 1.807) is 16.8 Å². The Morgan fingerprint density at radius 2 is 1.72 bits per heavy atom. The van der Waals surface area contributed by atoms with Crippen LogP contribution in [0.5, 0.6) is 11.5 Å². The minimum absolute atomic E-state index is 0.197. The molecule has 0 radical (unpaired) electrons. The van der Waals surface area contributed by atoms with Gasteiger partial charge >= 0.3 is 6.18 Å². The van der Waals surface area contributed by atoms with E-state index in [0.29, 0.717) is 40.6 Å². The molecule has 0 bridgehead atoms. The third-order valence-corrected chi connectivity index (χ3v) is 6.02. The zero-order chi connectivity index (χ0) is 24.7. The second-order valence-corrected chi connectivity index (χ2v) is 8.29. The summed E-state index contributed by atoms with van der Waals surface area (Å²) >= 11 is 0. The molecule has 6 nitrogen and oxygen atoms in total. The molecule has 5 aromatic rings. The van der Waals surface area contributed by atoms with Crippen LogP contribution in [0.3, 0.4) is 0 Å². The van der Waals surface area contributed by atoms with Gasteiger partial charge in [0.25, 0.3) is 0 Å². The van der Waals surface area contributed by atoms with E-state index in [9.17, 15) is 13.2 Å². The second-order valence-electron chi connectivity index (χ2n) is 8.29. The zero-order valence-corrected chi connectivity index (χ0v) is 18.8. The fourth-order valence-electron chi connectivity index (χ4n) is 4.30. The molecule has 180 valence electrons. The van der Waals surface area contributed by atoms with Gasteiger partial charge in [0.1, 0.15) is 12.1 Å². The minimum Gasteiger partial charge on any atom is -0.454 e. The van der Waals surface area contributed by atoms with Gasteiger partial charge in [-0.2, -0.15) is 13.2 Å². The lowest BCUT2D eigenvalue weighted by Crippen LogP contribution is -2.06. The molecule has 1 N–H and O–H groups in total. The van der Waals surface area contributed by atoms with Gasteiger partial charge in [-0.05, 0) is 41.5 Å². The molecular formula is C27H19F3N4O2. The van der Waals surface area contributed by atoms with Gasteiger partial charge in [0.05, 0.1) is 10.9 Å². The molecule has 0 unspecified atom stereocenters. The van der Waals surface area contributed by atoms with Crippen LogP contribution in [0.2, 0.25) is 0 Å². The maximum Gasteiger partial charge on any atom is 0.416 e. The number of alkyl halides is 3. The highest BCUT2D eigenvalue weighted by Gasteiger charge is 2.31. The van der Waals surface area contributed by atoms with E-state index in [0.717, 1.165) is 28.8 Å². The number of ether oxygens (including phenoxy) is 2. The molecule has 36 heavy (non-hydrogen) atoms. The van der Waals surface area contributed by atoms with Crippen molar-refractivity contribution in [3.63, 3.8) is 0 Å². The van der Waals surface area contributed by atoms with E-state index in [4.69, 9.17) is 9.47 Å². The molecule has 6 rings (SSSR count). The maximum atomic E-state index is 13.4. The summed E-state index contributed by atoms with van der Waals surface area (Å²) < 4.78 is 52.8. The maximum absolute atomic E-state index is 13.4. The first-order chi connectivity index (χ1) is 17.5. The Morgan fingerprint density at radius 3 is 2.56 bits per heavy atom. The number of nitrogens with zero attached hydrogens (tertiary/aromatic N) is 3. The van der Waals surface area contributed by atoms with Crippen molar-refractivity contribution in [1.82, 2.24) is 14.5 Å². The molecule has 0 fully saturated rings. The molecule has 0 saturated carbocycles. The van der Waals surface area contributed by atoms with Gasteiger partial charge in [0.15, 0.2) is 17.1 Å². The van der Waals surface area contributed by atoms with Crippen molar-refractivity contribution < 1.29 is 22.6 Å². The normalized spacial score (nSPS) is 12.8. The third kappa shape index (κ3) is 3.98. The summed E-state index contributed by atoms with van der Waals surface area (Å²) in [6, 6.07) is 20.5. The molecule has 0 saturated heterocycles. The first-order valence-corrected chi connectivity index (χ1v) is 11.2. The van der Waals surface area contributed by atoms with Gasteiger partial charge in [-0.25, -0.2) is 9.97 Å². The summed E-state index contributed by atoms with van der Waals surface area (Å²) in [5.41, 5.74) is 2.79. The van der Waals surface area contributed by atoms with Crippen LogP contribution in [-0.4, -0.2) is 21.3 Å².